The number of carboxylic acid groups (broad SMARTS) is 1. The highest BCUT2D eigenvalue weighted by Crippen LogP contribution is 2.19. The van der Waals surface area contributed by atoms with Crippen molar-refractivity contribution in [2.45, 2.75) is 121 Å². The number of carboxylic acids is 1. The number of fused-ring (bicyclic) bond motifs is 1. The molecule has 0 aliphatic rings. The molecule has 10 atom stereocenters. The van der Waals surface area contributed by atoms with Crippen molar-refractivity contribution in [3.05, 3.63) is 36.0 Å². The topological polar surface area (TPSA) is 551 Å². The summed E-state index contributed by atoms with van der Waals surface area (Å²) in [6.07, 6.45) is 1.40. The summed E-state index contributed by atoms with van der Waals surface area (Å²) < 4.78 is 0. The van der Waals surface area contributed by atoms with E-state index in [0.29, 0.717) is 22.9 Å². The first kappa shape index (κ1) is 67.9. The first-order chi connectivity index (χ1) is 37.8. The van der Waals surface area contributed by atoms with Crippen molar-refractivity contribution >= 4 is 82.0 Å². The zero-order valence-electron chi connectivity index (χ0n) is 45.0. The Kier molecular flexibility index (Phi) is 29.4. The number of aliphatic hydroxyl groups is 4. The number of H-pyrrole nitrogens is 1. The van der Waals surface area contributed by atoms with E-state index in [1.54, 1.807) is 58.2 Å². The number of aliphatic carboxylic acids is 1. The number of nitrogens with one attached hydrogen (secondary N) is 10. The summed E-state index contributed by atoms with van der Waals surface area (Å²) in [6, 6.07) is -6.93. The lowest BCUT2D eigenvalue weighted by Gasteiger charge is -2.27. The van der Waals surface area contributed by atoms with E-state index < -0.39 is 152 Å². The van der Waals surface area contributed by atoms with Crippen molar-refractivity contribution in [3.63, 3.8) is 0 Å². The molecule has 80 heavy (non-hydrogen) atoms. The molecule has 0 aliphatic heterocycles. The van der Waals surface area contributed by atoms with E-state index in [2.05, 4.69) is 62.8 Å². The van der Waals surface area contributed by atoms with Gasteiger partial charge in [0.15, 0.2) is 11.9 Å². The predicted molar refractivity (Wildman–Crippen MR) is 289 cm³/mol. The van der Waals surface area contributed by atoms with Gasteiger partial charge in [0, 0.05) is 36.6 Å². The van der Waals surface area contributed by atoms with Gasteiger partial charge >= 0.3 is 5.97 Å². The number of nitrogens with zero attached hydrogens (tertiary/aromatic N) is 2. The molecule has 25 N–H and O–H groups in total. The standard InChI is InChI=1S/C48H79N17O15/c1-5-24(4)37(46(79)80)65-44(77)31(19-66)58-35(70)18-57-38(71)30(16-25-17-56-27-11-7-6-10-26(25)27)61-39(72)28(12-8-14-54-47(50)51)59-41(74)32(20-67)63-43(76)33(21-68)62-40(73)29(13-9-15-55-48(52)53)60-42(75)34(22-69)64-45(78)36(49)23(2)3/h6-7,10-11,17,23-24,28-34,36-37,56,66-69H,5,8-9,12-16,18-22,49H2,1-4H3,(H,57,71)(H,58,70)(H,59,74)(H,60,75)(H,61,72)(H,62,73)(H,63,76)(H,64,78)(H,65,77)(H,79,80)(H4,50,51,54)(H4,52,53,55)/t24-,28-,29-,30-,31-,32-,33-,34-,36-,37-/m0/s1. The van der Waals surface area contributed by atoms with Crippen molar-refractivity contribution in [3.8, 4) is 0 Å². The molecule has 2 rings (SSSR count). The molecule has 0 unspecified atom stereocenters. The molecule has 0 saturated heterocycles. The molecule has 0 bridgehead atoms. The third kappa shape index (κ3) is 22.6. The molecule has 446 valence electrons. The summed E-state index contributed by atoms with van der Waals surface area (Å²) in [7, 11) is 0. The fourth-order valence-electron chi connectivity index (χ4n) is 7.46. The molecule has 1 heterocycles. The highest BCUT2D eigenvalue weighted by atomic mass is 16.4. The van der Waals surface area contributed by atoms with Gasteiger partial charge in [0.05, 0.1) is 39.0 Å². The SMILES string of the molecule is CC[C@H](C)[C@H](NC(=O)[C@H](CO)NC(=O)CNC(=O)[C@H](Cc1c[nH]c2ccccc12)NC(=O)[C@H](CCCN=C(N)N)NC(=O)[C@H](CO)NC(=O)[C@H](CO)NC(=O)[C@H](CCCN=C(N)N)NC(=O)[C@H](CO)NC(=O)[C@@H](N)C(C)C)C(=O)O. The van der Waals surface area contributed by atoms with E-state index in [1.807, 2.05) is 0 Å². The van der Waals surface area contributed by atoms with Crippen LogP contribution in [0.15, 0.2) is 40.4 Å². The minimum absolute atomic E-state index is 0.0231. The Morgan fingerprint density at radius 2 is 0.975 bits per heavy atom. The molecule has 0 spiro atoms. The molecule has 0 radical (unpaired) electrons. The van der Waals surface area contributed by atoms with Gasteiger partial charge in [0.2, 0.25) is 53.2 Å². The number of amides is 9. The van der Waals surface area contributed by atoms with Gasteiger partial charge in [0.1, 0.15) is 48.3 Å². The summed E-state index contributed by atoms with van der Waals surface area (Å²) in [5.41, 5.74) is 28.8. The second-order valence-electron chi connectivity index (χ2n) is 18.9. The number of rotatable bonds is 36. The third-order valence-electron chi connectivity index (χ3n) is 12.4. The lowest BCUT2D eigenvalue weighted by molar-refractivity contribution is -0.144. The van der Waals surface area contributed by atoms with Crippen LogP contribution in [0.3, 0.4) is 0 Å². The molecule has 32 heteroatoms. The second-order valence-corrected chi connectivity index (χ2v) is 18.9. The molecule has 0 fully saturated rings. The Hall–Kier alpha value is -8.20. The fourth-order valence-corrected chi connectivity index (χ4v) is 7.46. The Morgan fingerprint density at radius 1 is 0.562 bits per heavy atom. The number of carbonyl (C=O) groups excluding carboxylic acids is 9. The number of hydrogen-bond donors (Lipinski definition) is 20. The normalized spacial score (nSPS) is 14.8. The Bertz CT molecular complexity index is 2480. The quantitative estimate of drug-likeness (QED) is 0.0171. The van der Waals surface area contributed by atoms with Gasteiger partial charge in [-0.3, -0.25) is 53.1 Å². The molecule has 1 aromatic carbocycles. The van der Waals surface area contributed by atoms with Crippen LogP contribution in [0.25, 0.3) is 10.9 Å². The summed E-state index contributed by atoms with van der Waals surface area (Å²) >= 11 is 0. The number of aromatic nitrogens is 1. The van der Waals surface area contributed by atoms with Gasteiger partial charge in [-0.1, -0.05) is 52.3 Å². The average Bonchev–Trinajstić information content (AvgIpc) is 3.83. The number of benzene rings is 1. The molecule has 1 aromatic heterocycles. The van der Waals surface area contributed by atoms with Crippen LogP contribution >= 0.6 is 0 Å². The number of guanidine groups is 2. The average molecular weight is 1130 g/mol. The van der Waals surface area contributed by atoms with Crippen LogP contribution in [0.4, 0.5) is 0 Å². The number of nitrogens with two attached hydrogens (primary N) is 5. The molecule has 2 aromatic rings. The van der Waals surface area contributed by atoms with E-state index in [4.69, 9.17) is 28.7 Å². The lowest BCUT2D eigenvalue weighted by Crippen LogP contribution is -2.61. The number of para-hydroxylation sites is 1. The van der Waals surface area contributed by atoms with Gasteiger partial charge in [0.25, 0.3) is 0 Å². The van der Waals surface area contributed by atoms with Gasteiger partial charge in [-0.15, -0.1) is 0 Å². The van der Waals surface area contributed by atoms with Crippen LogP contribution in [0.2, 0.25) is 0 Å². The van der Waals surface area contributed by atoms with Crippen molar-refractivity contribution in [1.82, 2.24) is 52.8 Å². The number of carbonyl (C=O) groups is 10. The highest BCUT2D eigenvalue weighted by Gasteiger charge is 2.35. The zero-order chi connectivity index (χ0) is 60.2. The number of aliphatic imine (C=N–C) groups is 2. The first-order valence-corrected chi connectivity index (χ1v) is 25.6. The molecular weight excluding hydrogens is 1050 g/mol. The number of aliphatic hydroxyl groups excluding tert-OH is 4. The summed E-state index contributed by atoms with van der Waals surface area (Å²) in [6.45, 7) is 1.63. The summed E-state index contributed by atoms with van der Waals surface area (Å²) in [4.78, 5) is 144. The van der Waals surface area contributed by atoms with E-state index in [-0.39, 0.29) is 63.0 Å². The Balaban J connectivity index is 2.38. The molecule has 0 aliphatic carbocycles. The Labute approximate surface area is 460 Å². The molecule has 9 amide bonds. The molecular formula is C48H79N17O15. The maximum atomic E-state index is 14.3. The largest absolute Gasteiger partial charge is 0.480 e. The van der Waals surface area contributed by atoms with E-state index in [9.17, 15) is 73.5 Å². The summed E-state index contributed by atoms with van der Waals surface area (Å²) in [5.74, 6) is -12.0. The zero-order valence-corrected chi connectivity index (χ0v) is 45.0. The minimum Gasteiger partial charge on any atom is -0.480 e. The van der Waals surface area contributed by atoms with E-state index in [1.165, 1.54) is 0 Å². The van der Waals surface area contributed by atoms with Gasteiger partial charge in [-0.25, -0.2) is 4.79 Å². The van der Waals surface area contributed by atoms with Crippen LogP contribution in [0.5, 0.6) is 0 Å². The molecule has 32 nitrogen and oxygen atoms in total. The van der Waals surface area contributed by atoms with Crippen LogP contribution in [0, 0.1) is 11.8 Å². The number of hydrogen-bond acceptors (Lipinski definition) is 17. The maximum absolute atomic E-state index is 14.3. The van der Waals surface area contributed by atoms with Gasteiger partial charge in [-0.05, 0) is 49.1 Å². The minimum atomic E-state index is -1.87. The maximum Gasteiger partial charge on any atom is 0.326 e. The highest BCUT2D eigenvalue weighted by molar-refractivity contribution is 5.98. The van der Waals surface area contributed by atoms with Crippen LogP contribution in [0.1, 0.15) is 65.4 Å². The summed E-state index contributed by atoms with van der Waals surface area (Å²) in [5, 5.41) is 71.6. The van der Waals surface area contributed by atoms with Crippen molar-refractivity contribution in [2.75, 3.05) is 46.1 Å². The second kappa shape index (κ2) is 34.6. The monoisotopic (exact) mass is 1130 g/mol. The van der Waals surface area contributed by atoms with Crippen molar-refractivity contribution in [2.24, 2.45) is 50.5 Å². The molecule has 0 saturated carbocycles. The third-order valence-corrected chi connectivity index (χ3v) is 12.4. The van der Waals surface area contributed by atoms with Gasteiger partial charge < -0.3 is 107 Å². The lowest BCUT2D eigenvalue weighted by atomic mass is 9.99. The number of aromatic amines is 1. The van der Waals surface area contributed by atoms with Crippen molar-refractivity contribution < 1.29 is 73.5 Å². The van der Waals surface area contributed by atoms with Crippen molar-refractivity contribution in [1.29, 1.82) is 0 Å². The smallest absolute Gasteiger partial charge is 0.326 e. The van der Waals surface area contributed by atoms with E-state index in [0.717, 1.165) is 0 Å². The van der Waals surface area contributed by atoms with Crippen LogP contribution in [-0.4, -0.2) is 202 Å². The van der Waals surface area contributed by atoms with Gasteiger partial charge in [-0.2, -0.15) is 0 Å². The Morgan fingerprint density at radius 3 is 1.41 bits per heavy atom. The van der Waals surface area contributed by atoms with Crippen LogP contribution < -0.4 is 76.5 Å². The fraction of sp³-hybridized carbons (Fsp3) is 0.583. The first-order valence-electron chi connectivity index (χ1n) is 25.6. The predicted octanol–water partition coefficient (Wildman–Crippen LogP) is -8.10. The van der Waals surface area contributed by atoms with Crippen LogP contribution in [-0.2, 0) is 54.4 Å². The van der Waals surface area contributed by atoms with E-state index >= 15 is 0 Å².